The van der Waals surface area contributed by atoms with Gasteiger partial charge in [0.1, 0.15) is 11.7 Å². The zero-order valence-electron chi connectivity index (χ0n) is 11.4. The van der Waals surface area contributed by atoms with Gasteiger partial charge in [-0.3, -0.25) is 4.18 Å². The van der Waals surface area contributed by atoms with Crippen LogP contribution in [0.2, 0.25) is 0 Å². The minimum Gasteiger partial charge on any atom is -0.444 e. The average molecular weight is 290 g/mol. The first kappa shape index (κ1) is 15.7. The van der Waals surface area contributed by atoms with Crippen LogP contribution < -0.4 is 0 Å². The van der Waals surface area contributed by atoms with Crippen molar-refractivity contribution in [1.82, 2.24) is 4.90 Å². The van der Waals surface area contributed by atoms with E-state index in [2.05, 4.69) is 0 Å². The van der Waals surface area contributed by atoms with Crippen molar-refractivity contribution in [3.8, 4) is 6.07 Å². The Balaban J connectivity index is 2.72. The Morgan fingerprint density at radius 1 is 1.37 bits per heavy atom. The number of nitriles is 1. The molecule has 0 bridgehead atoms. The second kappa shape index (κ2) is 5.35. The van der Waals surface area contributed by atoms with Gasteiger partial charge in [-0.2, -0.15) is 13.7 Å². The van der Waals surface area contributed by atoms with Gasteiger partial charge in [0.05, 0.1) is 24.8 Å². The number of amides is 1. The van der Waals surface area contributed by atoms with E-state index in [1.54, 1.807) is 20.8 Å². The van der Waals surface area contributed by atoms with Gasteiger partial charge in [-0.25, -0.2) is 4.79 Å². The summed E-state index contributed by atoms with van der Waals surface area (Å²) in [4.78, 5) is 13.1. The minimum atomic E-state index is -3.66. The first-order chi connectivity index (χ1) is 8.52. The van der Waals surface area contributed by atoms with Gasteiger partial charge in [0.25, 0.3) is 10.1 Å². The summed E-state index contributed by atoms with van der Waals surface area (Å²) in [5, 5.41) is 8.96. The highest BCUT2D eigenvalue weighted by Gasteiger charge is 2.39. The van der Waals surface area contributed by atoms with Gasteiger partial charge in [-0.1, -0.05) is 0 Å². The lowest BCUT2D eigenvalue weighted by atomic mass is 10.1. The van der Waals surface area contributed by atoms with Crippen molar-refractivity contribution < 1.29 is 22.1 Å². The fourth-order valence-electron chi connectivity index (χ4n) is 1.70. The number of rotatable bonds is 2. The molecule has 1 aliphatic heterocycles. The van der Waals surface area contributed by atoms with Crippen LogP contribution in [0.25, 0.3) is 0 Å². The van der Waals surface area contributed by atoms with Gasteiger partial charge in [0, 0.05) is 6.54 Å². The van der Waals surface area contributed by atoms with E-state index >= 15 is 0 Å². The van der Waals surface area contributed by atoms with Crippen molar-refractivity contribution in [2.24, 2.45) is 5.92 Å². The average Bonchev–Trinajstić information content (AvgIpc) is 2.55. The number of nitrogens with zero attached hydrogens (tertiary/aromatic N) is 2. The second-order valence-corrected chi connectivity index (χ2v) is 7.06. The molecule has 0 aromatic carbocycles. The van der Waals surface area contributed by atoms with Crippen molar-refractivity contribution in [3.63, 3.8) is 0 Å². The standard InChI is InChI=1S/C11H18N2O5S/c1-11(2,3)17-10(14)13-6-8(5-12)9(7-13)18-19(4,15)16/h8-9H,6-7H2,1-4H3/t8-,9-/m0/s1. The predicted molar refractivity (Wildman–Crippen MR) is 66.6 cm³/mol. The first-order valence-electron chi connectivity index (χ1n) is 5.77. The molecular weight excluding hydrogens is 272 g/mol. The van der Waals surface area contributed by atoms with Crippen LogP contribution in [0.5, 0.6) is 0 Å². The van der Waals surface area contributed by atoms with Gasteiger partial charge < -0.3 is 9.64 Å². The maximum Gasteiger partial charge on any atom is 0.410 e. The zero-order valence-corrected chi connectivity index (χ0v) is 12.2. The molecule has 108 valence electrons. The van der Waals surface area contributed by atoms with E-state index in [1.165, 1.54) is 4.90 Å². The van der Waals surface area contributed by atoms with Crippen LogP contribution in [0.3, 0.4) is 0 Å². The summed E-state index contributed by atoms with van der Waals surface area (Å²) in [6, 6.07) is 1.95. The van der Waals surface area contributed by atoms with Crippen LogP contribution in [0.4, 0.5) is 4.79 Å². The molecule has 0 aliphatic carbocycles. The van der Waals surface area contributed by atoms with E-state index in [0.717, 1.165) is 6.26 Å². The number of hydrogen-bond acceptors (Lipinski definition) is 6. The number of carbonyl (C=O) groups is 1. The van der Waals surface area contributed by atoms with Crippen LogP contribution >= 0.6 is 0 Å². The van der Waals surface area contributed by atoms with Crippen LogP contribution in [0, 0.1) is 17.2 Å². The molecule has 0 saturated carbocycles. The summed E-state index contributed by atoms with van der Waals surface area (Å²) in [5.74, 6) is -0.678. The molecule has 1 saturated heterocycles. The number of ether oxygens (including phenoxy) is 1. The van der Waals surface area contributed by atoms with E-state index < -0.39 is 33.8 Å². The molecule has 0 radical (unpaired) electrons. The molecule has 1 fully saturated rings. The predicted octanol–water partition coefficient (Wildman–Crippen LogP) is 0.722. The molecule has 0 unspecified atom stereocenters. The lowest BCUT2D eigenvalue weighted by Gasteiger charge is -2.24. The summed E-state index contributed by atoms with van der Waals surface area (Å²) >= 11 is 0. The highest BCUT2D eigenvalue weighted by molar-refractivity contribution is 7.86. The summed E-state index contributed by atoms with van der Waals surface area (Å²) in [5.41, 5.74) is -0.644. The SMILES string of the molecule is CC(C)(C)OC(=O)N1C[C@H](OS(C)(=O)=O)[C@@H](C#N)C1. The van der Waals surface area contributed by atoms with Crippen LogP contribution in [0.1, 0.15) is 20.8 Å². The normalized spacial score (nSPS) is 24.1. The largest absolute Gasteiger partial charge is 0.444 e. The van der Waals surface area contributed by atoms with Gasteiger partial charge in [-0.15, -0.1) is 0 Å². The van der Waals surface area contributed by atoms with Gasteiger partial charge >= 0.3 is 6.09 Å². The van der Waals surface area contributed by atoms with Crippen LogP contribution in [-0.4, -0.2) is 50.5 Å². The summed E-state index contributed by atoms with van der Waals surface area (Å²) in [6.07, 6.45) is -0.503. The maximum absolute atomic E-state index is 11.8. The van der Waals surface area contributed by atoms with Gasteiger partial charge in [0.15, 0.2) is 0 Å². The van der Waals surface area contributed by atoms with Crippen LogP contribution in [0.15, 0.2) is 0 Å². The molecule has 0 spiro atoms. The highest BCUT2D eigenvalue weighted by atomic mass is 32.2. The zero-order chi connectivity index (χ0) is 14.8. The monoisotopic (exact) mass is 290 g/mol. The number of carbonyl (C=O) groups excluding carboxylic acids is 1. The molecule has 1 aliphatic rings. The summed E-state index contributed by atoms with van der Waals surface area (Å²) < 4.78 is 32.2. The summed E-state index contributed by atoms with van der Waals surface area (Å²) in [6.45, 7) is 5.32. The van der Waals surface area contributed by atoms with Crippen molar-refractivity contribution >= 4 is 16.2 Å². The number of hydrogen-bond donors (Lipinski definition) is 0. The van der Waals surface area contributed by atoms with E-state index in [0.29, 0.717) is 0 Å². The van der Waals surface area contributed by atoms with Crippen molar-refractivity contribution in [2.75, 3.05) is 19.3 Å². The third-order valence-electron chi connectivity index (χ3n) is 2.38. The molecule has 2 atom stereocenters. The fourth-order valence-corrected chi connectivity index (χ4v) is 2.34. The summed E-state index contributed by atoms with van der Waals surface area (Å²) in [7, 11) is -3.66. The first-order valence-corrected chi connectivity index (χ1v) is 7.59. The van der Waals surface area contributed by atoms with Crippen molar-refractivity contribution in [3.05, 3.63) is 0 Å². The Kier molecular flexibility index (Phi) is 4.43. The quantitative estimate of drug-likeness (QED) is 0.695. The Labute approximate surface area is 113 Å². The molecule has 19 heavy (non-hydrogen) atoms. The third kappa shape index (κ3) is 5.04. The fraction of sp³-hybridized carbons (Fsp3) is 0.818. The van der Waals surface area contributed by atoms with Crippen molar-refractivity contribution in [2.45, 2.75) is 32.5 Å². The highest BCUT2D eigenvalue weighted by Crippen LogP contribution is 2.23. The lowest BCUT2D eigenvalue weighted by molar-refractivity contribution is 0.0275. The topological polar surface area (TPSA) is 96.7 Å². The number of likely N-dealkylation sites (tertiary alicyclic amines) is 1. The lowest BCUT2D eigenvalue weighted by Crippen LogP contribution is -2.36. The Hall–Kier alpha value is -1.33. The van der Waals surface area contributed by atoms with Crippen LogP contribution in [-0.2, 0) is 19.0 Å². The Bertz CT molecular complexity index is 488. The molecule has 7 nitrogen and oxygen atoms in total. The van der Waals surface area contributed by atoms with Gasteiger partial charge in [-0.05, 0) is 20.8 Å². The van der Waals surface area contributed by atoms with E-state index in [4.69, 9.17) is 14.2 Å². The minimum absolute atomic E-state index is 0.0280. The second-order valence-electron chi connectivity index (χ2n) is 5.46. The molecule has 0 N–H and O–H groups in total. The molecule has 8 heteroatoms. The smallest absolute Gasteiger partial charge is 0.410 e. The third-order valence-corrected chi connectivity index (χ3v) is 2.98. The molecule has 0 aromatic rings. The van der Waals surface area contributed by atoms with Gasteiger partial charge in [0.2, 0.25) is 0 Å². The molecule has 1 heterocycles. The maximum atomic E-state index is 11.8. The van der Waals surface area contributed by atoms with E-state index in [-0.39, 0.29) is 13.1 Å². The molecule has 1 rings (SSSR count). The van der Waals surface area contributed by atoms with E-state index in [9.17, 15) is 13.2 Å². The Morgan fingerprint density at radius 2 is 1.95 bits per heavy atom. The Morgan fingerprint density at radius 3 is 2.37 bits per heavy atom. The molecule has 0 aromatic heterocycles. The van der Waals surface area contributed by atoms with Crippen molar-refractivity contribution in [1.29, 1.82) is 5.26 Å². The molecule has 1 amide bonds. The molecular formula is C11H18N2O5S. The van der Waals surface area contributed by atoms with E-state index in [1.807, 2.05) is 6.07 Å².